The Bertz CT molecular complexity index is 833. The first-order chi connectivity index (χ1) is 13.9. The molecule has 0 radical (unpaired) electrons. The normalized spacial score (nSPS) is 21.5. The number of rotatable bonds is 4. The van der Waals surface area contributed by atoms with Crippen molar-refractivity contribution in [1.29, 1.82) is 0 Å². The van der Waals surface area contributed by atoms with Crippen LogP contribution in [0, 0.1) is 5.82 Å². The molecule has 10 heteroatoms. The number of ether oxygens (including phenoxy) is 2. The molecular weight excluding hydrogens is 419 g/mol. The van der Waals surface area contributed by atoms with Gasteiger partial charge in [0, 0.05) is 6.54 Å². The molecule has 30 heavy (non-hydrogen) atoms. The highest BCUT2D eigenvalue weighted by Gasteiger charge is 2.38. The molecule has 2 aromatic rings. The minimum atomic E-state index is -4.95. The largest absolute Gasteiger partial charge is 0.416 e. The van der Waals surface area contributed by atoms with Gasteiger partial charge in [0.2, 0.25) is 0 Å². The SMILES string of the molecule is CC(OC1OCCNC1c1ccc(F)cc1)c1cc(C(F)(F)F)cc(C(F)(F)F)c1. The summed E-state index contributed by atoms with van der Waals surface area (Å²) in [5.74, 6) is -0.454. The molecule has 2 aromatic carbocycles. The molecule has 0 amide bonds. The molecule has 1 saturated heterocycles. The van der Waals surface area contributed by atoms with Crippen molar-refractivity contribution < 1.29 is 40.2 Å². The molecular formula is C20H18F7NO2. The summed E-state index contributed by atoms with van der Waals surface area (Å²) in [6.45, 7) is 2.01. The maximum Gasteiger partial charge on any atom is 0.416 e. The van der Waals surface area contributed by atoms with Gasteiger partial charge in [-0.25, -0.2) is 4.39 Å². The average molecular weight is 437 g/mol. The summed E-state index contributed by atoms with van der Waals surface area (Å²) < 4.78 is 103. The van der Waals surface area contributed by atoms with E-state index in [1.54, 1.807) is 0 Å². The fourth-order valence-corrected chi connectivity index (χ4v) is 3.14. The van der Waals surface area contributed by atoms with Gasteiger partial charge in [0.15, 0.2) is 6.29 Å². The van der Waals surface area contributed by atoms with Gasteiger partial charge >= 0.3 is 12.4 Å². The fraction of sp³-hybridized carbons (Fsp3) is 0.400. The zero-order valence-corrected chi connectivity index (χ0v) is 15.6. The molecule has 1 heterocycles. The van der Waals surface area contributed by atoms with E-state index in [1.165, 1.54) is 31.2 Å². The van der Waals surface area contributed by atoms with Crippen molar-refractivity contribution in [3.05, 3.63) is 70.5 Å². The van der Waals surface area contributed by atoms with E-state index in [2.05, 4.69) is 5.32 Å². The van der Waals surface area contributed by atoms with Crippen molar-refractivity contribution in [2.45, 2.75) is 37.7 Å². The Morgan fingerprint density at radius 3 is 2.07 bits per heavy atom. The van der Waals surface area contributed by atoms with Gasteiger partial charge in [-0.1, -0.05) is 12.1 Å². The summed E-state index contributed by atoms with van der Waals surface area (Å²) in [7, 11) is 0. The van der Waals surface area contributed by atoms with E-state index in [0.717, 1.165) is 0 Å². The molecule has 0 bridgehead atoms. The number of morpholine rings is 1. The monoisotopic (exact) mass is 437 g/mol. The molecule has 1 aliphatic rings. The Balaban J connectivity index is 1.88. The standard InChI is InChI=1S/C20H18F7NO2/c1-11(13-8-14(19(22,23)24)10-15(9-13)20(25,26)27)30-18-17(28-6-7-29-18)12-2-4-16(21)5-3-12/h2-5,8-11,17-18,28H,6-7H2,1H3. The number of nitrogens with one attached hydrogen (secondary N) is 1. The molecule has 0 aliphatic carbocycles. The van der Waals surface area contributed by atoms with E-state index in [9.17, 15) is 30.7 Å². The van der Waals surface area contributed by atoms with Gasteiger partial charge in [-0.2, -0.15) is 26.3 Å². The topological polar surface area (TPSA) is 30.5 Å². The Kier molecular flexibility index (Phi) is 6.40. The van der Waals surface area contributed by atoms with Gasteiger partial charge in [0.1, 0.15) is 5.82 Å². The lowest BCUT2D eigenvalue weighted by atomic mass is 10.0. The molecule has 0 saturated carbocycles. The second kappa shape index (κ2) is 8.52. The first kappa shape index (κ1) is 22.5. The summed E-state index contributed by atoms with van der Waals surface area (Å²) in [6, 6.07) is 6.20. The lowest BCUT2D eigenvalue weighted by Gasteiger charge is -2.34. The summed E-state index contributed by atoms with van der Waals surface area (Å²) in [5, 5.41) is 3.10. The highest BCUT2D eigenvalue weighted by atomic mass is 19.4. The van der Waals surface area contributed by atoms with Crippen LogP contribution < -0.4 is 5.32 Å². The van der Waals surface area contributed by atoms with Gasteiger partial charge in [0.05, 0.1) is 29.9 Å². The number of halogens is 7. The molecule has 3 atom stereocenters. The van der Waals surface area contributed by atoms with Crippen LogP contribution in [0.1, 0.15) is 41.3 Å². The molecule has 3 unspecified atom stereocenters. The molecule has 1 aliphatic heterocycles. The van der Waals surface area contributed by atoms with E-state index in [1.807, 2.05) is 0 Å². The molecule has 3 rings (SSSR count). The maximum absolute atomic E-state index is 13.2. The smallest absolute Gasteiger partial charge is 0.349 e. The highest BCUT2D eigenvalue weighted by molar-refractivity contribution is 5.34. The second-order valence-electron chi connectivity index (χ2n) is 6.84. The molecule has 0 spiro atoms. The highest BCUT2D eigenvalue weighted by Crippen LogP contribution is 2.38. The zero-order chi connectivity index (χ0) is 22.1. The van der Waals surface area contributed by atoms with Gasteiger partial charge in [-0.3, -0.25) is 0 Å². The van der Waals surface area contributed by atoms with Crippen LogP contribution in [-0.2, 0) is 21.8 Å². The van der Waals surface area contributed by atoms with Crippen LogP contribution in [0.5, 0.6) is 0 Å². The third kappa shape index (κ3) is 5.30. The Hall–Kier alpha value is -2.17. The molecule has 1 fully saturated rings. The molecule has 164 valence electrons. The van der Waals surface area contributed by atoms with Crippen LogP contribution in [0.4, 0.5) is 30.7 Å². The van der Waals surface area contributed by atoms with E-state index < -0.39 is 47.7 Å². The Morgan fingerprint density at radius 1 is 0.967 bits per heavy atom. The zero-order valence-electron chi connectivity index (χ0n) is 15.6. The molecule has 3 nitrogen and oxygen atoms in total. The van der Waals surface area contributed by atoms with Crippen LogP contribution in [0.15, 0.2) is 42.5 Å². The first-order valence-corrected chi connectivity index (χ1v) is 9.00. The van der Waals surface area contributed by atoms with Crippen LogP contribution >= 0.6 is 0 Å². The summed E-state index contributed by atoms with van der Waals surface area (Å²) in [6.07, 6.45) is -12.0. The molecule has 0 aromatic heterocycles. The first-order valence-electron chi connectivity index (χ1n) is 9.00. The van der Waals surface area contributed by atoms with Gasteiger partial charge in [0.25, 0.3) is 0 Å². The lowest BCUT2D eigenvalue weighted by molar-refractivity contribution is -0.200. The summed E-state index contributed by atoms with van der Waals surface area (Å²) in [5.41, 5.74) is -2.52. The van der Waals surface area contributed by atoms with Crippen LogP contribution in [0.25, 0.3) is 0 Å². The molecule has 1 N–H and O–H groups in total. The van der Waals surface area contributed by atoms with Crippen molar-refractivity contribution in [2.24, 2.45) is 0 Å². The average Bonchev–Trinajstić information content (AvgIpc) is 2.67. The van der Waals surface area contributed by atoms with Crippen LogP contribution in [-0.4, -0.2) is 19.4 Å². The number of hydrogen-bond acceptors (Lipinski definition) is 3. The number of hydrogen-bond donors (Lipinski definition) is 1. The predicted octanol–water partition coefficient (Wildman–Crippen LogP) is 5.63. The van der Waals surface area contributed by atoms with Crippen LogP contribution in [0.3, 0.4) is 0 Å². The second-order valence-corrected chi connectivity index (χ2v) is 6.84. The quantitative estimate of drug-likeness (QED) is 0.630. The van der Waals surface area contributed by atoms with Crippen molar-refractivity contribution in [3.63, 3.8) is 0 Å². The Labute approximate surface area is 167 Å². The van der Waals surface area contributed by atoms with E-state index in [-0.39, 0.29) is 18.2 Å². The van der Waals surface area contributed by atoms with Crippen molar-refractivity contribution in [1.82, 2.24) is 5.32 Å². The predicted molar refractivity (Wildman–Crippen MR) is 92.8 cm³/mol. The minimum absolute atomic E-state index is 0.0657. The number of alkyl halides is 6. The third-order valence-corrected chi connectivity index (χ3v) is 4.67. The summed E-state index contributed by atoms with van der Waals surface area (Å²) in [4.78, 5) is 0. The van der Waals surface area contributed by atoms with Gasteiger partial charge < -0.3 is 14.8 Å². The summed E-state index contributed by atoms with van der Waals surface area (Å²) >= 11 is 0. The van der Waals surface area contributed by atoms with Gasteiger partial charge in [-0.05, 0) is 48.4 Å². The van der Waals surface area contributed by atoms with Gasteiger partial charge in [-0.15, -0.1) is 0 Å². The Morgan fingerprint density at radius 2 is 1.53 bits per heavy atom. The van der Waals surface area contributed by atoms with Crippen molar-refractivity contribution in [2.75, 3.05) is 13.2 Å². The van der Waals surface area contributed by atoms with E-state index in [0.29, 0.717) is 24.2 Å². The lowest BCUT2D eigenvalue weighted by Crippen LogP contribution is -2.43. The van der Waals surface area contributed by atoms with Crippen molar-refractivity contribution in [3.8, 4) is 0 Å². The number of benzene rings is 2. The van der Waals surface area contributed by atoms with Crippen LogP contribution in [0.2, 0.25) is 0 Å². The van der Waals surface area contributed by atoms with E-state index >= 15 is 0 Å². The van der Waals surface area contributed by atoms with E-state index in [4.69, 9.17) is 9.47 Å². The fourth-order valence-electron chi connectivity index (χ4n) is 3.14. The third-order valence-electron chi connectivity index (χ3n) is 4.67. The minimum Gasteiger partial charge on any atom is -0.349 e. The maximum atomic E-state index is 13.2. The van der Waals surface area contributed by atoms with Crippen molar-refractivity contribution >= 4 is 0 Å².